The van der Waals surface area contributed by atoms with Crippen molar-refractivity contribution in [3.05, 3.63) is 12.4 Å². The first-order chi connectivity index (χ1) is 7.26. The topological polar surface area (TPSA) is 47.1 Å². The standard InChI is InChI=1S/C11H18N4/c12-10-6-13-15(7-10)9-11-2-1-4-14(8-11)5-3-11/h6-7H,1-5,8-9,12H2. The molecule has 82 valence electrons. The number of nitrogen functional groups attached to an aromatic ring is 1. The minimum Gasteiger partial charge on any atom is -0.396 e. The van der Waals surface area contributed by atoms with Crippen LogP contribution in [0, 0.1) is 5.41 Å². The van der Waals surface area contributed by atoms with Gasteiger partial charge in [-0.25, -0.2) is 0 Å². The largest absolute Gasteiger partial charge is 0.396 e. The fraction of sp³-hybridized carbons (Fsp3) is 0.727. The number of rotatable bonds is 2. The number of hydrogen-bond donors (Lipinski definition) is 1. The van der Waals surface area contributed by atoms with Crippen molar-refractivity contribution in [2.45, 2.75) is 25.8 Å². The van der Waals surface area contributed by atoms with E-state index >= 15 is 0 Å². The SMILES string of the molecule is Nc1cnn(CC23CCCN(CC2)C3)c1. The van der Waals surface area contributed by atoms with Gasteiger partial charge in [-0.05, 0) is 32.4 Å². The lowest BCUT2D eigenvalue weighted by molar-refractivity contribution is 0.154. The van der Waals surface area contributed by atoms with Crippen LogP contribution in [-0.4, -0.2) is 34.3 Å². The van der Waals surface area contributed by atoms with Gasteiger partial charge in [-0.3, -0.25) is 4.68 Å². The molecule has 2 aliphatic rings. The first kappa shape index (κ1) is 9.21. The maximum Gasteiger partial charge on any atom is 0.0719 e. The lowest BCUT2D eigenvalue weighted by Gasteiger charge is -2.33. The van der Waals surface area contributed by atoms with Gasteiger partial charge in [0.2, 0.25) is 0 Å². The van der Waals surface area contributed by atoms with E-state index in [1.807, 2.05) is 10.9 Å². The molecule has 0 radical (unpaired) electrons. The number of anilines is 1. The lowest BCUT2D eigenvalue weighted by Crippen LogP contribution is -2.36. The molecule has 2 atom stereocenters. The van der Waals surface area contributed by atoms with E-state index in [1.165, 1.54) is 38.9 Å². The molecule has 1 aromatic heterocycles. The summed E-state index contributed by atoms with van der Waals surface area (Å²) in [6.45, 7) is 4.87. The van der Waals surface area contributed by atoms with Crippen LogP contribution in [0.25, 0.3) is 0 Å². The highest BCUT2D eigenvalue weighted by atomic mass is 15.3. The minimum absolute atomic E-state index is 0.483. The van der Waals surface area contributed by atoms with Gasteiger partial charge >= 0.3 is 0 Å². The molecule has 0 aliphatic carbocycles. The van der Waals surface area contributed by atoms with Crippen LogP contribution in [0.3, 0.4) is 0 Å². The summed E-state index contributed by atoms with van der Waals surface area (Å²) in [6.07, 6.45) is 7.71. The second-order valence-electron chi connectivity index (χ2n) is 5.10. The van der Waals surface area contributed by atoms with Gasteiger partial charge in [0.1, 0.15) is 0 Å². The van der Waals surface area contributed by atoms with Crippen molar-refractivity contribution in [2.75, 3.05) is 25.4 Å². The molecule has 2 bridgehead atoms. The zero-order chi connectivity index (χ0) is 10.3. The molecule has 2 fully saturated rings. The number of aromatic nitrogens is 2. The summed E-state index contributed by atoms with van der Waals surface area (Å²) in [6, 6.07) is 0. The minimum atomic E-state index is 0.483. The first-order valence-electron chi connectivity index (χ1n) is 5.76. The van der Waals surface area contributed by atoms with Gasteiger partial charge in [-0.2, -0.15) is 5.10 Å². The zero-order valence-corrected chi connectivity index (χ0v) is 9.02. The summed E-state index contributed by atoms with van der Waals surface area (Å²) < 4.78 is 2.02. The summed E-state index contributed by atoms with van der Waals surface area (Å²) in [5, 5.41) is 4.29. The van der Waals surface area contributed by atoms with Crippen molar-refractivity contribution >= 4 is 5.69 Å². The Morgan fingerprint density at radius 2 is 2.33 bits per heavy atom. The molecule has 2 unspecified atom stereocenters. The predicted molar refractivity (Wildman–Crippen MR) is 59.4 cm³/mol. The predicted octanol–water partition coefficient (Wildman–Crippen LogP) is 0.951. The van der Waals surface area contributed by atoms with E-state index in [2.05, 4.69) is 10.00 Å². The Balaban J connectivity index is 1.77. The summed E-state index contributed by atoms with van der Waals surface area (Å²) >= 11 is 0. The monoisotopic (exact) mass is 206 g/mol. The first-order valence-corrected chi connectivity index (χ1v) is 5.76. The van der Waals surface area contributed by atoms with Crippen LogP contribution in [0.15, 0.2) is 12.4 Å². The third kappa shape index (κ3) is 1.63. The molecular weight excluding hydrogens is 188 g/mol. The van der Waals surface area contributed by atoms with Gasteiger partial charge in [0.25, 0.3) is 0 Å². The fourth-order valence-electron chi connectivity index (χ4n) is 3.12. The van der Waals surface area contributed by atoms with Crippen molar-refractivity contribution in [3.63, 3.8) is 0 Å². The van der Waals surface area contributed by atoms with Gasteiger partial charge in [0.15, 0.2) is 0 Å². The maximum absolute atomic E-state index is 5.68. The van der Waals surface area contributed by atoms with Crippen molar-refractivity contribution < 1.29 is 0 Å². The Morgan fingerprint density at radius 1 is 1.40 bits per heavy atom. The van der Waals surface area contributed by atoms with Crippen molar-refractivity contribution in [1.82, 2.24) is 14.7 Å². The highest BCUT2D eigenvalue weighted by molar-refractivity contribution is 5.30. The lowest BCUT2D eigenvalue weighted by atomic mass is 9.81. The van der Waals surface area contributed by atoms with Crippen LogP contribution >= 0.6 is 0 Å². The highest BCUT2D eigenvalue weighted by Gasteiger charge is 2.41. The van der Waals surface area contributed by atoms with Crippen molar-refractivity contribution in [3.8, 4) is 0 Å². The van der Waals surface area contributed by atoms with E-state index in [9.17, 15) is 0 Å². The van der Waals surface area contributed by atoms with Gasteiger partial charge in [0, 0.05) is 24.7 Å². The Bertz CT molecular complexity index is 355. The molecule has 4 heteroatoms. The molecular formula is C11H18N4. The third-order valence-electron chi connectivity index (χ3n) is 3.85. The number of nitrogens with two attached hydrogens (primary N) is 1. The van der Waals surface area contributed by atoms with Crippen molar-refractivity contribution in [1.29, 1.82) is 0 Å². The Kier molecular flexibility index (Phi) is 1.99. The molecule has 2 saturated heterocycles. The smallest absolute Gasteiger partial charge is 0.0719 e. The molecule has 3 rings (SSSR count). The second kappa shape index (κ2) is 3.23. The summed E-state index contributed by atoms with van der Waals surface area (Å²) in [5.74, 6) is 0. The Hall–Kier alpha value is -1.03. The highest BCUT2D eigenvalue weighted by Crippen LogP contribution is 2.40. The van der Waals surface area contributed by atoms with E-state index in [-0.39, 0.29) is 0 Å². The van der Waals surface area contributed by atoms with E-state index in [1.54, 1.807) is 6.20 Å². The molecule has 1 aromatic rings. The molecule has 2 aliphatic heterocycles. The number of hydrogen-bond acceptors (Lipinski definition) is 3. The van der Waals surface area contributed by atoms with Gasteiger partial charge < -0.3 is 10.6 Å². The molecule has 0 saturated carbocycles. The van der Waals surface area contributed by atoms with Gasteiger partial charge in [-0.15, -0.1) is 0 Å². The van der Waals surface area contributed by atoms with Crippen LogP contribution in [0.2, 0.25) is 0 Å². The molecule has 4 nitrogen and oxygen atoms in total. The van der Waals surface area contributed by atoms with E-state index < -0.39 is 0 Å². The molecule has 2 N–H and O–H groups in total. The average molecular weight is 206 g/mol. The average Bonchev–Trinajstić information content (AvgIpc) is 2.73. The maximum atomic E-state index is 5.68. The number of piperidine rings is 1. The van der Waals surface area contributed by atoms with Crippen molar-refractivity contribution in [2.24, 2.45) is 5.41 Å². The second-order valence-corrected chi connectivity index (χ2v) is 5.10. The van der Waals surface area contributed by atoms with E-state index in [4.69, 9.17) is 5.73 Å². The molecule has 0 aromatic carbocycles. The Morgan fingerprint density at radius 3 is 3.13 bits per heavy atom. The van der Waals surface area contributed by atoms with Gasteiger partial charge in [0.05, 0.1) is 11.9 Å². The number of nitrogens with zero attached hydrogens (tertiary/aromatic N) is 3. The van der Waals surface area contributed by atoms with E-state index in [0.29, 0.717) is 5.41 Å². The molecule has 0 spiro atoms. The van der Waals surface area contributed by atoms with Gasteiger partial charge in [-0.1, -0.05) is 0 Å². The zero-order valence-electron chi connectivity index (χ0n) is 9.02. The molecule has 15 heavy (non-hydrogen) atoms. The van der Waals surface area contributed by atoms with E-state index in [0.717, 1.165) is 12.2 Å². The van der Waals surface area contributed by atoms with Crippen LogP contribution < -0.4 is 5.73 Å². The normalized spacial score (nSPS) is 34.5. The quantitative estimate of drug-likeness (QED) is 0.783. The molecule has 0 amide bonds. The summed E-state index contributed by atoms with van der Waals surface area (Å²) in [5.41, 5.74) is 6.94. The third-order valence-corrected chi connectivity index (χ3v) is 3.85. The molecule has 3 heterocycles. The van der Waals surface area contributed by atoms with Crippen LogP contribution in [0.5, 0.6) is 0 Å². The summed E-state index contributed by atoms with van der Waals surface area (Å²) in [7, 11) is 0. The Labute approximate surface area is 90.0 Å². The summed E-state index contributed by atoms with van der Waals surface area (Å²) in [4.78, 5) is 2.58. The van der Waals surface area contributed by atoms with Crippen LogP contribution in [0.1, 0.15) is 19.3 Å². The fourth-order valence-corrected chi connectivity index (χ4v) is 3.12. The van der Waals surface area contributed by atoms with Crippen LogP contribution in [-0.2, 0) is 6.54 Å². The number of fused-ring (bicyclic) bond motifs is 2. The van der Waals surface area contributed by atoms with Crippen LogP contribution in [0.4, 0.5) is 5.69 Å².